The highest BCUT2D eigenvalue weighted by atomic mass is 35.5. The van der Waals surface area contributed by atoms with Gasteiger partial charge in [-0.05, 0) is 35.7 Å². The Morgan fingerprint density at radius 3 is 2.50 bits per heavy atom. The monoisotopic (exact) mass is 371 g/mol. The highest BCUT2D eigenvalue weighted by Gasteiger charge is 2.23. The van der Waals surface area contributed by atoms with E-state index in [-0.39, 0.29) is 27.1 Å². The molecule has 0 spiro atoms. The standard InChI is InChI=1S/C16H15ClFNO4S/c1-9(2)11-7-6-10(16(20)21)8-14(11)24(22,23)19-13-5-3-4-12(17)15(13)18/h3-9,19H,1-2H3,(H,20,21). The molecule has 0 aliphatic carbocycles. The highest BCUT2D eigenvalue weighted by molar-refractivity contribution is 7.92. The molecule has 2 rings (SSSR count). The summed E-state index contributed by atoms with van der Waals surface area (Å²) in [6.45, 7) is 3.55. The van der Waals surface area contributed by atoms with Crippen LogP contribution in [-0.2, 0) is 10.0 Å². The second-order valence-electron chi connectivity index (χ2n) is 5.42. The molecule has 0 aromatic heterocycles. The van der Waals surface area contributed by atoms with Crippen LogP contribution in [0, 0.1) is 5.82 Å². The van der Waals surface area contributed by atoms with E-state index in [0.717, 1.165) is 6.07 Å². The number of anilines is 1. The lowest BCUT2D eigenvalue weighted by Crippen LogP contribution is -2.17. The second kappa shape index (κ2) is 6.78. The van der Waals surface area contributed by atoms with Crippen LogP contribution in [0.1, 0.15) is 35.7 Å². The lowest BCUT2D eigenvalue weighted by atomic mass is 10.0. The Morgan fingerprint density at radius 1 is 1.25 bits per heavy atom. The molecule has 0 radical (unpaired) electrons. The third kappa shape index (κ3) is 3.68. The number of hydrogen-bond acceptors (Lipinski definition) is 3. The molecular formula is C16H15ClFNO4S. The molecule has 5 nitrogen and oxygen atoms in total. The van der Waals surface area contributed by atoms with Crippen LogP contribution in [-0.4, -0.2) is 19.5 Å². The number of hydrogen-bond donors (Lipinski definition) is 2. The molecule has 2 N–H and O–H groups in total. The number of benzene rings is 2. The minimum Gasteiger partial charge on any atom is -0.478 e. The van der Waals surface area contributed by atoms with Gasteiger partial charge < -0.3 is 5.11 Å². The van der Waals surface area contributed by atoms with E-state index >= 15 is 0 Å². The molecule has 0 amide bonds. The van der Waals surface area contributed by atoms with Crippen molar-refractivity contribution in [3.63, 3.8) is 0 Å². The van der Waals surface area contributed by atoms with E-state index in [1.54, 1.807) is 13.8 Å². The van der Waals surface area contributed by atoms with Crippen molar-refractivity contribution in [3.8, 4) is 0 Å². The predicted octanol–water partition coefficient (Wildman–Crippen LogP) is 4.10. The minimum atomic E-state index is -4.20. The Kier molecular flexibility index (Phi) is 5.15. The van der Waals surface area contributed by atoms with Crippen molar-refractivity contribution in [2.75, 3.05) is 4.72 Å². The summed E-state index contributed by atoms with van der Waals surface area (Å²) in [6.07, 6.45) is 0. The van der Waals surface area contributed by atoms with E-state index in [0.29, 0.717) is 5.56 Å². The Bertz CT molecular complexity index is 897. The Balaban J connectivity index is 2.57. The fraction of sp³-hybridized carbons (Fsp3) is 0.188. The van der Waals surface area contributed by atoms with Gasteiger partial charge in [-0.2, -0.15) is 0 Å². The molecule has 2 aromatic carbocycles. The fourth-order valence-corrected chi connectivity index (χ4v) is 3.79. The second-order valence-corrected chi connectivity index (χ2v) is 7.48. The molecule has 0 aliphatic heterocycles. The van der Waals surface area contributed by atoms with Crippen molar-refractivity contribution in [2.45, 2.75) is 24.7 Å². The quantitative estimate of drug-likeness (QED) is 0.828. The van der Waals surface area contributed by atoms with E-state index in [1.807, 2.05) is 0 Å². The van der Waals surface area contributed by atoms with Crippen LogP contribution in [0.25, 0.3) is 0 Å². The molecule has 0 bridgehead atoms. The summed E-state index contributed by atoms with van der Waals surface area (Å²) in [7, 11) is -4.20. The molecule has 0 aliphatic rings. The SMILES string of the molecule is CC(C)c1ccc(C(=O)O)cc1S(=O)(=O)Nc1cccc(Cl)c1F. The fourth-order valence-electron chi connectivity index (χ4n) is 2.16. The lowest BCUT2D eigenvalue weighted by Gasteiger charge is -2.16. The summed E-state index contributed by atoms with van der Waals surface area (Å²) in [5, 5.41) is 8.86. The summed E-state index contributed by atoms with van der Waals surface area (Å²) >= 11 is 5.65. The number of carboxylic acids is 1. The highest BCUT2D eigenvalue weighted by Crippen LogP contribution is 2.29. The van der Waals surface area contributed by atoms with Gasteiger partial charge in [0.15, 0.2) is 5.82 Å². The Labute approximate surface area is 144 Å². The average Bonchev–Trinajstić information content (AvgIpc) is 2.51. The normalized spacial score (nSPS) is 11.5. The number of sulfonamides is 1. The zero-order valence-electron chi connectivity index (χ0n) is 12.9. The third-order valence-corrected chi connectivity index (χ3v) is 5.08. The number of carboxylic acid groups (broad SMARTS) is 1. The topological polar surface area (TPSA) is 83.5 Å². The van der Waals surface area contributed by atoms with Crippen LogP contribution in [0.3, 0.4) is 0 Å². The first kappa shape index (κ1) is 18.2. The van der Waals surface area contributed by atoms with E-state index in [1.165, 1.54) is 30.3 Å². The van der Waals surface area contributed by atoms with Crippen molar-refractivity contribution in [2.24, 2.45) is 0 Å². The van der Waals surface area contributed by atoms with Crippen molar-refractivity contribution in [1.82, 2.24) is 0 Å². The maximum Gasteiger partial charge on any atom is 0.335 e. The average molecular weight is 372 g/mol. The predicted molar refractivity (Wildman–Crippen MR) is 89.7 cm³/mol. The molecule has 0 saturated heterocycles. The van der Waals surface area contributed by atoms with Crippen molar-refractivity contribution >= 4 is 33.3 Å². The van der Waals surface area contributed by atoms with Gasteiger partial charge in [0, 0.05) is 0 Å². The van der Waals surface area contributed by atoms with Crippen LogP contribution in [0.4, 0.5) is 10.1 Å². The van der Waals surface area contributed by atoms with Gasteiger partial charge in [-0.3, -0.25) is 4.72 Å². The first-order chi connectivity index (χ1) is 11.1. The zero-order valence-corrected chi connectivity index (χ0v) is 14.5. The first-order valence-electron chi connectivity index (χ1n) is 6.97. The number of halogens is 2. The van der Waals surface area contributed by atoms with Gasteiger partial charge >= 0.3 is 5.97 Å². The molecule has 0 unspecified atom stereocenters. The Hall–Kier alpha value is -2.12. The van der Waals surface area contributed by atoms with Crippen molar-refractivity contribution in [1.29, 1.82) is 0 Å². The number of carbonyl (C=O) groups is 1. The van der Waals surface area contributed by atoms with Crippen molar-refractivity contribution < 1.29 is 22.7 Å². The molecule has 0 heterocycles. The van der Waals surface area contributed by atoms with Crippen LogP contribution < -0.4 is 4.72 Å². The van der Waals surface area contributed by atoms with E-state index in [2.05, 4.69) is 4.72 Å². The number of aromatic carboxylic acids is 1. The van der Waals surface area contributed by atoms with Gasteiger partial charge in [0.25, 0.3) is 10.0 Å². The number of rotatable bonds is 5. The number of nitrogens with one attached hydrogen (secondary N) is 1. The van der Waals surface area contributed by atoms with E-state index in [9.17, 15) is 17.6 Å². The molecule has 2 aromatic rings. The van der Waals surface area contributed by atoms with Gasteiger partial charge in [0.2, 0.25) is 0 Å². The summed E-state index contributed by atoms with van der Waals surface area (Å²) in [6, 6.07) is 7.75. The van der Waals surface area contributed by atoms with Crippen LogP contribution in [0.2, 0.25) is 5.02 Å². The lowest BCUT2D eigenvalue weighted by molar-refractivity contribution is 0.0696. The summed E-state index contributed by atoms with van der Waals surface area (Å²) in [5.74, 6) is -2.33. The van der Waals surface area contributed by atoms with E-state index in [4.69, 9.17) is 16.7 Å². The molecule has 0 saturated carbocycles. The van der Waals surface area contributed by atoms with Gasteiger partial charge in [0.1, 0.15) is 0 Å². The van der Waals surface area contributed by atoms with Gasteiger partial charge in [-0.1, -0.05) is 37.6 Å². The maximum absolute atomic E-state index is 14.0. The molecule has 128 valence electrons. The molecule has 8 heteroatoms. The van der Waals surface area contributed by atoms with E-state index < -0.39 is 21.8 Å². The van der Waals surface area contributed by atoms with Gasteiger partial charge in [-0.15, -0.1) is 0 Å². The van der Waals surface area contributed by atoms with Crippen molar-refractivity contribution in [3.05, 3.63) is 58.4 Å². The minimum absolute atomic E-state index is 0.175. The third-order valence-electron chi connectivity index (χ3n) is 3.37. The molecule has 24 heavy (non-hydrogen) atoms. The van der Waals surface area contributed by atoms with Gasteiger partial charge in [-0.25, -0.2) is 17.6 Å². The zero-order chi connectivity index (χ0) is 18.1. The van der Waals surface area contributed by atoms with Crippen LogP contribution >= 0.6 is 11.6 Å². The smallest absolute Gasteiger partial charge is 0.335 e. The molecular weight excluding hydrogens is 357 g/mol. The summed E-state index contributed by atoms with van der Waals surface area (Å²) < 4.78 is 41.4. The molecule has 0 fully saturated rings. The van der Waals surface area contributed by atoms with Crippen LogP contribution in [0.5, 0.6) is 0 Å². The Morgan fingerprint density at radius 2 is 1.92 bits per heavy atom. The first-order valence-corrected chi connectivity index (χ1v) is 8.83. The maximum atomic E-state index is 14.0. The largest absolute Gasteiger partial charge is 0.478 e. The molecule has 0 atom stereocenters. The van der Waals surface area contributed by atoms with Gasteiger partial charge in [0.05, 0.1) is 21.2 Å². The summed E-state index contributed by atoms with van der Waals surface area (Å²) in [4.78, 5) is 10.9. The summed E-state index contributed by atoms with van der Waals surface area (Å²) in [5.41, 5.74) is -0.0563. The van der Waals surface area contributed by atoms with Crippen LogP contribution in [0.15, 0.2) is 41.3 Å².